The Morgan fingerprint density at radius 1 is 1.30 bits per heavy atom. The summed E-state index contributed by atoms with van der Waals surface area (Å²) in [7, 11) is 0. The molecule has 2 aromatic rings. The fourth-order valence-corrected chi connectivity index (χ4v) is 2.09. The van der Waals surface area contributed by atoms with Crippen LogP contribution in [-0.4, -0.2) is 27.1 Å². The molecule has 0 aliphatic heterocycles. The molecule has 0 unspecified atom stereocenters. The van der Waals surface area contributed by atoms with Gasteiger partial charge in [-0.05, 0) is 26.8 Å². The first kappa shape index (κ1) is 14.1. The third-order valence-electron chi connectivity index (χ3n) is 3.33. The maximum Gasteiger partial charge on any atom is 0.328 e. The summed E-state index contributed by atoms with van der Waals surface area (Å²) in [4.78, 5) is 23.4. The highest BCUT2D eigenvalue weighted by molar-refractivity contribution is 6.08. The quantitative estimate of drug-likeness (QED) is 0.898. The minimum absolute atomic E-state index is 0.374. The van der Waals surface area contributed by atoms with Crippen molar-refractivity contribution in [3.8, 4) is 0 Å². The summed E-state index contributed by atoms with van der Waals surface area (Å²) in [6.07, 6.45) is 1.76. The molecular formula is C15H18N2O3. The molecule has 5 nitrogen and oxygen atoms in total. The van der Waals surface area contributed by atoms with Gasteiger partial charge in [0, 0.05) is 23.6 Å². The summed E-state index contributed by atoms with van der Waals surface area (Å²) < 4.78 is 1.97. The van der Waals surface area contributed by atoms with Crippen molar-refractivity contribution in [3.63, 3.8) is 0 Å². The van der Waals surface area contributed by atoms with E-state index in [4.69, 9.17) is 5.11 Å². The van der Waals surface area contributed by atoms with E-state index in [2.05, 4.69) is 5.32 Å². The number of carbonyl (C=O) groups is 2. The molecule has 0 aliphatic carbocycles. The first-order valence-electron chi connectivity index (χ1n) is 6.50. The number of carboxylic acid groups (broad SMARTS) is 1. The number of rotatable bonds is 4. The molecule has 1 amide bonds. The van der Waals surface area contributed by atoms with Gasteiger partial charge in [-0.1, -0.05) is 18.2 Å². The molecular weight excluding hydrogens is 256 g/mol. The first-order chi connectivity index (χ1) is 9.36. The normalized spacial score (nSPS) is 11.6. The predicted molar refractivity (Wildman–Crippen MR) is 76.8 cm³/mol. The van der Waals surface area contributed by atoms with Gasteiger partial charge in [-0.25, -0.2) is 4.79 Å². The maximum absolute atomic E-state index is 12.3. The number of amides is 1. The van der Waals surface area contributed by atoms with Crippen molar-refractivity contribution in [2.75, 3.05) is 0 Å². The van der Waals surface area contributed by atoms with Gasteiger partial charge in [0.05, 0.1) is 5.56 Å². The van der Waals surface area contributed by atoms with E-state index in [1.54, 1.807) is 6.20 Å². The topological polar surface area (TPSA) is 71.3 Å². The lowest BCUT2D eigenvalue weighted by atomic mass is 10.1. The van der Waals surface area contributed by atoms with E-state index in [1.807, 2.05) is 35.8 Å². The monoisotopic (exact) mass is 274 g/mol. The molecule has 0 fully saturated rings. The molecule has 2 N–H and O–H groups in total. The number of hydrogen-bond acceptors (Lipinski definition) is 2. The van der Waals surface area contributed by atoms with Gasteiger partial charge in [-0.15, -0.1) is 0 Å². The maximum atomic E-state index is 12.3. The first-order valence-corrected chi connectivity index (χ1v) is 6.50. The van der Waals surface area contributed by atoms with Gasteiger partial charge >= 0.3 is 5.97 Å². The standard InChI is InChI=1S/C15H18N2O3/c1-4-17-9-11(10-7-5-6-8-12(10)17)13(18)16-15(2,3)14(19)20/h5-9H,4H2,1-3H3,(H,16,18)(H,19,20). The Morgan fingerprint density at radius 3 is 2.55 bits per heavy atom. The van der Waals surface area contributed by atoms with Gasteiger partial charge in [-0.2, -0.15) is 0 Å². The fraction of sp³-hybridized carbons (Fsp3) is 0.333. The van der Waals surface area contributed by atoms with Crippen LogP contribution in [0.4, 0.5) is 0 Å². The largest absolute Gasteiger partial charge is 0.480 e. The molecule has 0 saturated carbocycles. The number of aliphatic carboxylic acids is 1. The van der Waals surface area contributed by atoms with Crippen molar-refractivity contribution < 1.29 is 14.7 Å². The summed E-state index contributed by atoms with van der Waals surface area (Å²) in [6, 6.07) is 7.58. The average Bonchev–Trinajstić information content (AvgIpc) is 2.77. The molecule has 0 bridgehead atoms. The summed E-state index contributed by atoms with van der Waals surface area (Å²) >= 11 is 0. The third kappa shape index (κ3) is 2.39. The molecule has 0 atom stereocenters. The molecule has 20 heavy (non-hydrogen) atoms. The zero-order valence-electron chi connectivity index (χ0n) is 11.8. The van der Waals surface area contributed by atoms with Gasteiger partial charge in [0.1, 0.15) is 5.54 Å². The van der Waals surface area contributed by atoms with E-state index in [0.29, 0.717) is 5.56 Å². The van der Waals surface area contributed by atoms with Crippen LogP contribution in [-0.2, 0) is 11.3 Å². The van der Waals surface area contributed by atoms with Gasteiger partial charge in [-0.3, -0.25) is 4.79 Å². The van der Waals surface area contributed by atoms with Crippen LogP contribution in [0.5, 0.6) is 0 Å². The molecule has 1 aromatic heterocycles. The number of carbonyl (C=O) groups excluding carboxylic acids is 1. The van der Waals surface area contributed by atoms with E-state index in [1.165, 1.54) is 13.8 Å². The predicted octanol–water partition coefficient (Wildman–Crippen LogP) is 2.25. The number of carboxylic acids is 1. The Hall–Kier alpha value is -2.30. The Kier molecular flexibility index (Phi) is 3.53. The Morgan fingerprint density at radius 2 is 1.95 bits per heavy atom. The number of nitrogens with zero attached hydrogens (tertiary/aromatic N) is 1. The number of benzene rings is 1. The molecule has 1 aromatic carbocycles. The van der Waals surface area contributed by atoms with E-state index in [0.717, 1.165) is 17.4 Å². The lowest BCUT2D eigenvalue weighted by Crippen LogP contribution is -2.49. The van der Waals surface area contributed by atoms with E-state index >= 15 is 0 Å². The van der Waals surface area contributed by atoms with Crippen molar-refractivity contribution >= 4 is 22.8 Å². The second-order valence-electron chi connectivity index (χ2n) is 5.23. The summed E-state index contributed by atoms with van der Waals surface area (Å²) in [6.45, 7) is 5.67. The Labute approximate surface area is 117 Å². The van der Waals surface area contributed by atoms with Crippen molar-refractivity contribution in [3.05, 3.63) is 36.0 Å². The molecule has 5 heteroatoms. The molecule has 106 valence electrons. The van der Waals surface area contributed by atoms with Gasteiger partial charge in [0.25, 0.3) is 5.91 Å². The van der Waals surface area contributed by atoms with Crippen molar-refractivity contribution in [2.24, 2.45) is 0 Å². The molecule has 0 radical (unpaired) electrons. The van der Waals surface area contributed by atoms with Gasteiger partial charge in [0.2, 0.25) is 0 Å². The average molecular weight is 274 g/mol. The lowest BCUT2D eigenvalue weighted by Gasteiger charge is -2.20. The van der Waals surface area contributed by atoms with Crippen LogP contribution in [0.3, 0.4) is 0 Å². The smallest absolute Gasteiger partial charge is 0.328 e. The van der Waals surface area contributed by atoms with E-state index < -0.39 is 11.5 Å². The van der Waals surface area contributed by atoms with Crippen molar-refractivity contribution in [1.29, 1.82) is 0 Å². The second-order valence-corrected chi connectivity index (χ2v) is 5.23. The zero-order valence-corrected chi connectivity index (χ0v) is 11.8. The van der Waals surface area contributed by atoms with Crippen molar-refractivity contribution in [1.82, 2.24) is 9.88 Å². The lowest BCUT2D eigenvalue weighted by molar-refractivity contribution is -0.143. The second kappa shape index (κ2) is 5.00. The minimum atomic E-state index is -1.30. The highest BCUT2D eigenvalue weighted by Gasteiger charge is 2.30. The van der Waals surface area contributed by atoms with Crippen LogP contribution < -0.4 is 5.32 Å². The SMILES string of the molecule is CCn1cc(C(=O)NC(C)(C)C(=O)O)c2ccccc21. The molecule has 2 rings (SSSR count). The Balaban J connectivity index is 2.43. The number of fused-ring (bicyclic) bond motifs is 1. The van der Waals surface area contributed by atoms with Crippen LogP contribution in [0.1, 0.15) is 31.1 Å². The van der Waals surface area contributed by atoms with Gasteiger partial charge < -0.3 is 15.0 Å². The summed E-state index contributed by atoms with van der Waals surface area (Å²) in [5, 5.41) is 12.5. The summed E-state index contributed by atoms with van der Waals surface area (Å²) in [5.41, 5.74) is 0.164. The number of aryl methyl sites for hydroxylation is 1. The van der Waals surface area contributed by atoms with Crippen LogP contribution in [0, 0.1) is 0 Å². The van der Waals surface area contributed by atoms with Crippen LogP contribution in [0.15, 0.2) is 30.5 Å². The zero-order chi connectivity index (χ0) is 14.9. The molecule has 1 heterocycles. The van der Waals surface area contributed by atoms with Crippen LogP contribution >= 0.6 is 0 Å². The van der Waals surface area contributed by atoms with Crippen molar-refractivity contribution in [2.45, 2.75) is 32.9 Å². The van der Waals surface area contributed by atoms with E-state index in [-0.39, 0.29) is 5.91 Å². The number of para-hydroxylation sites is 1. The number of nitrogens with one attached hydrogen (secondary N) is 1. The molecule has 0 spiro atoms. The number of aromatic nitrogens is 1. The van der Waals surface area contributed by atoms with E-state index in [9.17, 15) is 9.59 Å². The number of hydrogen-bond donors (Lipinski definition) is 2. The Bertz CT molecular complexity index is 671. The summed E-state index contributed by atoms with van der Waals surface area (Å²) in [5.74, 6) is -1.44. The van der Waals surface area contributed by atoms with Crippen LogP contribution in [0.25, 0.3) is 10.9 Å². The third-order valence-corrected chi connectivity index (χ3v) is 3.33. The molecule has 0 aliphatic rings. The van der Waals surface area contributed by atoms with Crippen LogP contribution in [0.2, 0.25) is 0 Å². The highest BCUT2D eigenvalue weighted by atomic mass is 16.4. The van der Waals surface area contributed by atoms with Gasteiger partial charge in [0.15, 0.2) is 0 Å². The highest BCUT2D eigenvalue weighted by Crippen LogP contribution is 2.21. The molecule has 0 saturated heterocycles. The minimum Gasteiger partial charge on any atom is -0.480 e. The fourth-order valence-electron chi connectivity index (χ4n) is 2.09.